The molecule has 0 aliphatic carbocycles. The number of fused-ring (bicyclic) bond motifs is 1. The summed E-state index contributed by atoms with van der Waals surface area (Å²) in [5.74, 6) is -0.225. The van der Waals surface area contributed by atoms with Crippen molar-refractivity contribution in [2.45, 2.75) is 6.10 Å². The molecule has 0 spiro atoms. The molecule has 1 aliphatic heterocycles. The van der Waals surface area contributed by atoms with Gasteiger partial charge in [-0.15, -0.1) is 0 Å². The predicted molar refractivity (Wildman–Crippen MR) is 86.1 cm³/mol. The van der Waals surface area contributed by atoms with E-state index in [1.165, 1.54) is 24.3 Å². The lowest BCUT2D eigenvalue weighted by atomic mass is 10.2. The molecule has 1 unspecified atom stereocenters. The van der Waals surface area contributed by atoms with E-state index in [9.17, 15) is 14.7 Å². The Morgan fingerprint density at radius 3 is 2.50 bits per heavy atom. The Hall–Kier alpha value is -3.22. The summed E-state index contributed by atoms with van der Waals surface area (Å²) in [4.78, 5) is 23.6. The normalized spacial score (nSPS) is 15.4. The van der Waals surface area contributed by atoms with Crippen LogP contribution < -0.4 is 20.1 Å². The van der Waals surface area contributed by atoms with Crippen molar-refractivity contribution < 1.29 is 24.2 Å². The number of phenolic OH excluding ortho intramolecular Hbond substituents is 1. The molecule has 1 atom stereocenters. The second-order valence-corrected chi connectivity index (χ2v) is 5.21. The van der Waals surface area contributed by atoms with Crippen LogP contribution in [0.3, 0.4) is 0 Å². The molecule has 124 valence electrons. The standard InChI is InChI=1S/C17H16N2O5/c20-12-7-5-11(6-8-12)19-17(22)16(21)18-9-13-10-23-14-3-1-2-4-15(14)24-13/h1-8,13,20H,9-10H2,(H,18,21)(H,19,22). The summed E-state index contributed by atoms with van der Waals surface area (Å²) < 4.78 is 11.2. The van der Waals surface area contributed by atoms with E-state index >= 15 is 0 Å². The molecular weight excluding hydrogens is 312 g/mol. The molecule has 0 aromatic heterocycles. The van der Waals surface area contributed by atoms with Gasteiger partial charge in [0.25, 0.3) is 0 Å². The average Bonchev–Trinajstić information content (AvgIpc) is 2.61. The fourth-order valence-corrected chi connectivity index (χ4v) is 2.18. The van der Waals surface area contributed by atoms with Gasteiger partial charge in [0.05, 0.1) is 6.54 Å². The zero-order chi connectivity index (χ0) is 16.9. The quantitative estimate of drug-likeness (QED) is 0.583. The van der Waals surface area contributed by atoms with Crippen molar-refractivity contribution in [2.24, 2.45) is 0 Å². The third kappa shape index (κ3) is 3.75. The maximum absolute atomic E-state index is 11.8. The summed E-state index contributed by atoms with van der Waals surface area (Å²) in [5.41, 5.74) is 0.416. The fourth-order valence-electron chi connectivity index (χ4n) is 2.18. The van der Waals surface area contributed by atoms with Gasteiger partial charge in [0.15, 0.2) is 11.5 Å². The van der Waals surface area contributed by atoms with Crippen molar-refractivity contribution >= 4 is 17.5 Å². The van der Waals surface area contributed by atoms with E-state index < -0.39 is 11.8 Å². The van der Waals surface area contributed by atoms with Gasteiger partial charge in [-0.1, -0.05) is 12.1 Å². The zero-order valence-electron chi connectivity index (χ0n) is 12.7. The minimum absolute atomic E-state index is 0.0761. The van der Waals surface area contributed by atoms with E-state index in [2.05, 4.69) is 10.6 Å². The number of carbonyl (C=O) groups excluding carboxylic acids is 2. The monoisotopic (exact) mass is 328 g/mol. The molecule has 0 radical (unpaired) electrons. The van der Waals surface area contributed by atoms with Gasteiger partial charge in [0, 0.05) is 5.69 Å². The van der Waals surface area contributed by atoms with Gasteiger partial charge in [0.2, 0.25) is 0 Å². The summed E-state index contributed by atoms with van der Waals surface area (Å²) >= 11 is 0. The number of rotatable bonds is 3. The summed E-state index contributed by atoms with van der Waals surface area (Å²) in [6.45, 7) is 0.438. The Morgan fingerprint density at radius 2 is 1.75 bits per heavy atom. The molecule has 24 heavy (non-hydrogen) atoms. The highest BCUT2D eigenvalue weighted by Gasteiger charge is 2.22. The first-order valence-electron chi connectivity index (χ1n) is 7.38. The van der Waals surface area contributed by atoms with Gasteiger partial charge >= 0.3 is 11.8 Å². The number of phenols is 1. The van der Waals surface area contributed by atoms with Crippen LogP contribution in [-0.2, 0) is 9.59 Å². The maximum atomic E-state index is 11.8. The Balaban J connectivity index is 1.49. The summed E-state index contributed by atoms with van der Waals surface area (Å²) in [7, 11) is 0. The largest absolute Gasteiger partial charge is 0.508 e. The van der Waals surface area contributed by atoms with Crippen LogP contribution in [0.1, 0.15) is 0 Å². The van der Waals surface area contributed by atoms with Gasteiger partial charge in [-0.05, 0) is 36.4 Å². The first-order chi connectivity index (χ1) is 11.6. The molecule has 0 saturated heterocycles. The summed E-state index contributed by atoms with van der Waals surface area (Å²) in [6.07, 6.45) is -0.370. The van der Waals surface area contributed by atoms with Crippen LogP contribution in [-0.4, -0.2) is 36.2 Å². The van der Waals surface area contributed by atoms with Crippen LogP contribution in [0, 0.1) is 0 Å². The summed E-state index contributed by atoms with van der Waals surface area (Å²) in [5, 5.41) is 14.1. The molecule has 3 N–H and O–H groups in total. The van der Waals surface area contributed by atoms with Crippen molar-refractivity contribution in [1.82, 2.24) is 5.32 Å². The maximum Gasteiger partial charge on any atom is 0.313 e. The highest BCUT2D eigenvalue weighted by molar-refractivity contribution is 6.39. The van der Waals surface area contributed by atoms with Crippen LogP contribution in [0.25, 0.3) is 0 Å². The van der Waals surface area contributed by atoms with Crippen molar-refractivity contribution in [2.75, 3.05) is 18.5 Å². The molecule has 7 heteroatoms. The van der Waals surface area contributed by atoms with Crippen molar-refractivity contribution in [3.63, 3.8) is 0 Å². The number of anilines is 1. The van der Waals surface area contributed by atoms with Crippen LogP contribution >= 0.6 is 0 Å². The molecule has 3 rings (SSSR count). The number of ether oxygens (including phenoxy) is 2. The Kier molecular flexibility index (Phi) is 4.51. The van der Waals surface area contributed by atoms with Crippen LogP contribution in [0.2, 0.25) is 0 Å². The fraction of sp³-hybridized carbons (Fsp3) is 0.176. The number of hydrogen-bond donors (Lipinski definition) is 3. The predicted octanol–water partition coefficient (Wildman–Crippen LogP) is 1.29. The topological polar surface area (TPSA) is 96.9 Å². The molecule has 0 saturated carbocycles. The highest BCUT2D eigenvalue weighted by Crippen LogP contribution is 2.30. The van der Waals surface area contributed by atoms with Crippen LogP contribution in [0.5, 0.6) is 17.2 Å². The number of carbonyl (C=O) groups is 2. The lowest BCUT2D eigenvalue weighted by Crippen LogP contribution is -2.44. The minimum atomic E-state index is -0.794. The van der Waals surface area contributed by atoms with Gasteiger partial charge < -0.3 is 25.2 Å². The molecule has 0 fully saturated rings. The van der Waals surface area contributed by atoms with Gasteiger partial charge in [-0.3, -0.25) is 9.59 Å². The first-order valence-corrected chi connectivity index (χ1v) is 7.38. The third-order valence-corrected chi connectivity index (χ3v) is 3.39. The lowest BCUT2D eigenvalue weighted by molar-refractivity contribution is -0.136. The van der Waals surface area contributed by atoms with Gasteiger partial charge in [0.1, 0.15) is 18.5 Å². The van der Waals surface area contributed by atoms with E-state index in [1.807, 2.05) is 12.1 Å². The molecule has 2 aromatic rings. The van der Waals surface area contributed by atoms with Crippen LogP contribution in [0.15, 0.2) is 48.5 Å². The number of nitrogens with one attached hydrogen (secondary N) is 2. The number of para-hydroxylation sites is 2. The van der Waals surface area contributed by atoms with E-state index in [-0.39, 0.29) is 25.0 Å². The molecule has 0 bridgehead atoms. The highest BCUT2D eigenvalue weighted by atomic mass is 16.6. The molecular formula is C17H16N2O5. The smallest absolute Gasteiger partial charge is 0.313 e. The van der Waals surface area contributed by atoms with Gasteiger partial charge in [-0.25, -0.2) is 0 Å². The van der Waals surface area contributed by atoms with Crippen molar-refractivity contribution in [3.05, 3.63) is 48.5 Å². The van der Waals surface area contributed by atoms with E-state index in [4.69, 9.17) is 9.47 Å². The molecule has 2 aromatic carbocycles. The molecule has 1 heterocycles. The van der Waals surface area contributed by atoms with Crippen molar-refractivity contribution in [1.29, 1.82) is 0 Å². The van der Waals surface area contributed by atoms with Gasteiger partial charge in [-0.2, -0.15) is 0 Å². The Morgan fingerprint density at radius 1 is 1.04 bits per heavy atom. The minimum Gasteiger partial charge on any atom is -0.508 e. The average molecular weight is 328 g/mol. The third-order valence-electron chi connectivity index (χ3n) is 3.39. The number of amides is 2. The summed E-state index contributed by atoms with van der Waals surface area (Å²) in [6, 6.07) is 13.1. The first kappa shape index (κ1) is 15.7. The van der Waals surface area contributed by atoms with E-state index in [1.54, 1.807) is 12.1 Å². The SMILES string of the molecule is O=C(NCC1COc2ccccc2O1)C(=O)Nc1ccc(O)cc1. The number of aromatic hydroxyl groups is 1. The lowest BCUT2D eigenvalue weighted by Gasteiger charge is -2.26. The van der Waals surface area contributed by atoms with E-state index in [0.717, 1.165) is 0 Å². The molecule has 2 amide bonds. The second-order valence-electron chi connectivity index (χ2n) is 5.21. The van der Waals surface area contributed by atoms with E-state index in [0.29, 0.717) is 17.2 Å². The number of benzene rings is 2. The zero-order valence-corrected chi connectivity index (χ0v) is 12.7. The molecule has 7 nitrogen and oxygen atoms in total. The molecule has 1 aliphatic rings. The Bertz CT molecular complexity index is 745. The van der Waals surface area contributed by atoms with Crippen LogP contribution in [0.4, 0.5) is 5.69 Å². The number of hydrogen-bond acceptors (Lipinski definition) is 5. The Labute approximate surface area is 138 Å². The van der Waals surface area contributed by atoms with Crippen molar-refractivity contribution in [3.8, 4) is 17.2 Å². The second kappa shape index (κ2) is 6.91.